The Morgan fingerprint density at radius 2 is 1.62 bits per heavy atom. The number of amides is 6. The first-order valence-corrected chi connectivity index (χ1v) is 23.5. The zero-order chi connectivity index (χ0) is 45.2. The highest BCUT2D eigenvalue weighted by Gasteiger charge is 2.72. The molecule has 6 amide bonds. The molecule has 1 unspecified atom stereocenters. The van der Waals surface area contributed by atoms with Crippen molar-refractivity contribution in [2.45, 2.75) is 125 Å². The van der Waals surface area contributed by atoms with Gasteiger partial charge in [-0.3, -0.25) is 39.4 Å². The predicted octanol–water partition coefficient (Wildman–Crippen LogP) is 5.99. The van der Waals surface area contributed by atoms with Crippen molar-refractivity contribution in [1.82, 2.24) is 25.8 Å². The van der Waals surface area contributed by atoms with E-state index in [2.05, 4.69) is 33.1 Å². The molecule has 12 nitrogen and oxygen atoms in total. The van der Waals surface area contributed by atoms with E-state index >= 15 is 8.78 Å². The smallest absolute Gasteiger partial charge is 0.255 e. The number of halogens is 3. The fourth-order valence-electron chi connectivity index (χ4n) is 12.4. The number of fused-ring (bicyclic) bond motifs is 4. The van der Waals surface area contributed by atoms with Crippen molar-refractivity contribution < 1.29 is 37.5 Å². The molecule has 3 aromatic rings. The summed E-state index contributed by atoms with van der Waals surface area (Å²) in [4.78, 5) is 84.1. The lowest BCUT2D eigenvalue weighted by Crippen LogP contribution is -2.60. The summed E-state index contributed by atoms with van der Waals surface area (Å²) in [6.07, 6.45) is 7.89. The van der Waals surface area contributed by atoms with Gasteiger partial charge in [0.15, 0.2) is 11.6 Å². The van der Waals surface area contributed by atoms with E-state index in [1.54, 1.807) is 30.3 Å². The van der Waals surface area contributed by atoms with Gasteiger partial charge in [-0.2, -0.15) is 0 Å². The second-order valence-electron chi connectivity index (χ2n) is 19.0. The van der Waals surface area contributed by atoms with Crippen LogP contribution in [0.2, 0.25) is 5.02 Å². The molecule has 65 heavy (non-hydrogen) atoms. The van der Waals surface area contributed by atoms with Gasteiger partial charge in [0.25, 0.3) is 5.91 Å². The summed E-state index contributed by atoms with van der Waals surface area (Å²) in [5.74, 6) is 1.68. The first-order chi connectivity index (χ1) is 31.4. The summed E-state index contributed by atoms with van der Waals surface area (Å²) in [5.41, 5.74) is 0.810. The molecule has 5 fully saturated rings. The van der Waals surface area contributed by atoms with E-state index in [4.69, 9.17) is 11.6 Å². The van der Waals surface area contributed by atoms with E-state index in [9.17, 15) is 28.8 Å². The molecule has 2 aliphatic carbocycles. The second-order valence-corrected chi connectivity index (χ2v) is 19.4. The van der Waals surface area contributed by atoms with Crippen LogP contribution in [0.1, 0.15) is 122 Å². The monoisotopic (exact) mass is 904 g/mol. The van der Waals surface area contributed by atoms with Gasteiger partial charge in [-0.1, -0.05) is 67.0 Å². The molecule has 3 aromatic carbocycles. The van der Waals surface area contributed by atoms with E-state index in [0.29, 0.717) is 86.3 Å². The highest BCUT2D eigenvalue weighted by molar-refractivity contribution is 6.31. The maximum Gasteiger partial charge on any atom is 0.255 e. The van der Waals surface area contributed by atoms with Gasteiger partial charge >= 0.3 is 0 Å². The second kappa shape index (κ2) is 17.0. The minimum Gasteiger partial charge on any atom is -0.352 e. The molecule has 10 rings (SSSR count). The van der Waals surface area contributed by atoms with E-state index in [1.807, 2.05) is 11.0 Å². The number of hydrogen-bond acceptors (Lipinski definition) is 7. The molecule has 7 aliphatic rings. The number of anilines is 1. The Morgan fingerprint density at radius 3 is 2.37 bits per heavy atom. The van der Waals surface area contributed by atoms with Crippen LogP contribution in [-0.4, -0.2) is 82.0 Å². The van der Waals surface area contributed by atoms with Gasteiger partial charge < -0.3 is 20.4 Å². The van der Waals surface area contributed by atoms with Gasteiger partial charge in [-0.05, 0) is 105 Å². The molecule has 4 atom stereocenters. The zero-order valence-electron chi connectivity index (χ0n) is 36.0. The predicted molar refractivity (Wildman–Crippen MR) is 236 cm³/mol. The van der Waals surface area contributed by atoms with Gasteiger partial charge in [0.05, 0.1) is 6.04 Å². The minimum absolute atomic E-state index is 0.0273. The summed E-state index contributed by atoms with van der Waals surface area (Å²) in [6.45, 7) is 1.39. The van der Waals surface area contributed by atoms with Gasteiger partial charge in [-0.25, -0.2) is 8.78 Å². The van der Waals surface area contributed by atoms with Crippen LogP contribution in [0.15, 0.2) is 54.6 Å². The maximum absolute atomic E-state index is 16.1. The van der Waals surface area contributed by atoms with Crippen LogP contribution in [0.4, 0.5) is 14.5 Å². The highest BCUT2D eigenvalue weighted by Crippen LogP contribution is 2.62. The number of carbonyl (C=O) groups excluding carboxylic acids is 6. The molecular weight excluding hydrogens is 854 g/mol. The largest absolute Gasteiger partial charge is 0.352 e. The highest BCUT2D eigenvalue weighted by atomic mass is 35.5. The number of hydrogen-bond donors (Lipinski definition) is 4. The summed E-state index contributed by atoms with van der Waals surface area (Å²) in [7, 11) is 0. The number of likely N-dealkylation sites (tertiary alicyclic amines) is 1. The molecule has 4 N–H and O–H groups in total. The first kappa shape index (κ1) is 43.3. The molecule has 3 saturated heterocycles. The Morgan fingerprint density at radius 1 is 0.862 bits per heavy atom. The molecule has 5 aliphatic heterocycles. The van der Waals surface area contributed by atoms with Crippen molar-refractivity contribution in [3.05, 3.63) is 99.1 Å². The van der Waals surface area contributed by atoms with E-state index < -0.39 is 46.5 Å². The molecule has 15 heteroatoms. The number of piperidine rings is 2. The first-order valence-electron chi connectivity index (χ1n) is 23.1. The Hall–Kier alpha value is -5.65. The standard InChI is InChI=1S/C50H51ClF2N6O6/c51-31-14-17-36-38(26-31)55-48(65)50(36)41(34-8-5-9-37(52)42(34)53)43(57-49(50)22-2-1-3-23-49)45(62)54-32-15-12-30(13-16-32)46(63)58-24-20-28(21-25-58)10-11-29-6-4-7-33-35(29)27-59(47(33)64)39-18-19-40(60)56-44(39)61/h4-9,14,17,26,28,30,32,39,41,43,57H,1-3,12-13,15-16,18-25,27H2,(H,54,62)(H,55,65)(H,56,60,61)/t30-,32-,39?,41-,43+,50+/m0/s1. The van der Waals surface area contributed by atoms with Crippen LogP contribution >= 0.6 is 11.6 Å². The van der Waals surface area contributed by atoms with Crippen molar-refractivity contribution in [2.24, 2.45) is 11.8 Å². The number of imide groups is 1. The molecule has 2 saturated carbocycles. The number of benzene rings is 3. The minimum atomic E-state index is -1.42. The molecule has 0 aromatic heterocycles. The Labute approximate surface area is 381 Å². The number of rotatable bonds is 5. The molecule has 2 spiro atoms. The normalized spacial score (nSPS) is 28.4. The molecule has 0 bridgehead atoms. The van der Waals surface area contributed by atoms with Crippen LogP contribution in [0.3, 0.4) is 0 Å². The van der Waals surface area contributed by atoms with Crippen molar-refractivity contribution in [3.8, 4) is 11.8 Å². The third kappa shape index (κ3) is 7.30. The Bertz CT molecular complexity index is 2570. The van der Waals surface area contributed by atoms with Crippen LogP contribution in [0.5, 0.6) is 0 Å². The van der Waals surface area contributed by atoms with Gasteiger partial charge in [0, 0.05) is 77.2 Å². The van der Waals surface area contributed by atoms with Crippen molar-refractivity contribution in [2.75, 3.05) is 18.4 Å². The fourth-order valence-corrected chi connectivity index (χ4v) is 12.6. The number of carbonyl (C=O) groups is 6. The topological polar surface area (TPSA) is 157 Å². The molecular formula is C50H51ClF2N6O6. The summed E-state index contributed by atoms with van der Waals surface area (Å²) >= 11 is 6.39. The fraction of sp³-hybridized carbons (Fsp3) is 0.480. The lowest BCUT2D eigenvalue weighted by Gasteiger charge is -2.47. The average molecular weight is 905 g/mol. The Balaban J connectivity index is 0.787. The van der Waals surface area contributed by atoms with Crippen molar-refractivity contribution in [3.63, 3.8) is 0 Å². The summed E-state index contributed by atoms with van der Waals surface area (Å²) in [6, 6.07) is 12.5. The van der Waals surface area contributed by atoms with Crippen LogP contribution < -0.4 is 21.3 Å². The van der Waals surface area contributed by atoms with Gasteiger partial charge in [0.1, 0.15) is 11.5 Å². The van der Waals surface area contributed by atoms with Crippen LogP contribution in [0.25, 0.3) is 0 Å². The van der Waals surface area contributed by atoms with Crippen molar-refractivity contribution >= 4 is 52.7 Å². The average Bonchev–Trinajstić information content (AvgIpc) is 3.90. The van der Waals surface area contributed by atoms with E-state index in [-0.39, 0.29) is 72.4 Å². The molecule has 0 radical (unpaired) electrons. The number of nitrogens with one attached hydrogen (secondary N) is 4. The lowest BCUT2D eigenvalue weighted by molar-refractivity contribution is -0.138. The summed E-state index contributed by atoms with van der Waals surface area (Å²) in [5, 5.41) is 12.6. The van der Waals surface area contributed by atoms with E-state index in [0.717, 1.165) is 36.5 Å². The quantitative estimate of drug-likeness (QED) is 0.181. The van der Waals surface area contributed by atoms with Crippen LogP contribution in [0, 0.1) is 35.3 Å². The SMILES string of the molecule is O=C1CCC(N2Cc3c(C#CC4CCN(C(=O)[C@H]5CC[C@H](NC(=O)[C@@H]6NC7(CCCCC7)[C@@]7(C(=O)Nc8cc(Cl)ccc87)[C@H]6c6cccc(F)c6F)CC5)CC4)cccc3C2=O)C(=O)N1. The van der Waals surface area contributed by atoms with E-state index in [1.165, 1.54) is 17.0 Å². The zero-order valence-corrected chi connectivity index (χ0v) is 36.7. The van der Waals surface area contributed by atoms with Gasteiger partial charge in [-0.15, -0.1) is 0 Å². The Kier molecular flexibility index (Phi) is 11.3. The number of nitrogens with zero attached hydrogens (tertiary/aromatic N) is 2. The molecule has 338 valence electrons. The summed E-state index contributed by atoms with van der Waals surface area (Å²) < 4.78 is 31.2. The molecule has 5 heterocycles. The van der Waals surface area contributed by atoms with Crippen LogP contribution in [-0.2, 0) is 35.9 Å². The van der Waals surface area contributed by atoms with Crippen molar-refractivity contribution in [1.29, 1.82) is 0 Å². The maximum atomic E-state index is 16.1. The van der Waals surface area contributed by atoms with Gasteiger partial charge in [0.2, 0.25) is 29.5 Å². The third-order valence-electron chi connectivity index (χ3n) is 15.5. The third-order valence-corrected chi connectivity index (χ3v) is 15.8. The lowest BCUT2D eigenvalue weighted by atomic mass is 9.55.